The SMILES string of the molecule is Cc1ccc(S(=O)(=O)Nc2ccc(C(=O)N(C)Cc3ccccc3)cc2)cc1. The molecule has 3 aromatic carbocycles. The van der Waals surface area contributed by atoms with Crippen molar-refractivity contribution in [1.29, 1.82) is 0 Å². The van der Waals surface area contributed by atoms with Gasteiger partial charge in [0.25, 0.3) is 15.9 Å². The van der Waals surface area contributed by atoms with Gasteiger partial charge in [-0.2, -0.15) is 0 Å². The molecule has 3 rings (SSSR count). The Labute approximate surface area is 165 Å². The van der Waals surface area contributed by atoms with Crippen molar-refractivity contribution in [3.8, 4) is 0 Å². The van der Waals surface area contributed by atoms with E-state index in [0.717, 1.165) is 11.1 Å². The summed E-state index contributed by atoms with van der Waals surface area (Å²) < 4.78 is 27.5. The van der Waals surface area contributed by atoms with E-state index in [0.29, 0.717) is 17.8 Å². The lowest BCUT2D eigenvalue weighted by Crippen LogP contribution is -2.26. The van der Waals surface area contributed by atoms with Crippen molar-refractivity contribution in [3.05, 3.63) is 95.6 Å². The molecule has 1 N–H and O–H groups in total. The van der Waals surface area contributed by atoms with Crippen LogP contribution in [0.25, 0.3) is 0 Å². The van der Waals surface area contributed by atoms with Crippen LogP contribution in [-0.2, 0) is 16.6 Å². The van der Waals surface area contributed by atoms with Crippen molar-refractivity contribution in [3.63, 3.8) is 0 Å². The summed E-state index contributed by atoms with van der Waals surface area (Å²) in [7, 11) is -1.93. The van der Waals surface area contributed by atoms with Crippen molar-refractivity contribution in [2.24, 2.45) is 0 Å². The Balaban J connectivity index is 1.69. The van der Waals surface area contributed by atoms with E-state index >= 15 is 0 Å². The Morgan fingerprint density at radius 1 is 0.893 bits per heavy atom. The maximum atomic E-state index is 12.6. The molecule has 0 spiro atoms. The van der Waals surface area contributed by atoms with Crippen LogP contribution in [0.1, 0.15) is 21.5 Å². The average molecular weight is 394 g/mol. The number of benzene rings is 3. The lowest BCUT2D eigenvalue weighted by atomic mass is 10.1. The number of nitrogens with one attached hydrogen (secondary N) is 1. The molecular formula is C22H22N2O3S. The van der Waals surface area contributed by atoms with Gasteiger partial charge in [0.1, 0.15) is 0 Å². The van der Waals surface area contributed by atoms with Gasteiger partial charge in [-0.15, -0.1) is 0 Å². The Morgan fingerprint density at radius 2 is 1.50 bits per heavy atom. The number of carbonyl (C=O) groups excluding carboxylic acids is 1. The fourth-order valence-electron chi connectivity index (χ4n) is 2.76. The van der Waals surface area contributed by atoms with Crippen LogP contribution in [-0.4, -0.2) is 26.3 Å². The summed E-state index contributed by atoms with van der Waals surface area (Å²) in [6.07, 6.45) is 0. The number of sulfonamides is 1. The number of aryl methyl sites for hydroxylation is 1. The van der Waals surface area contributed by atoms with E-state index in [1.807, 2.05) is 37.3 Å². The first-order chi connectivity index (χ1) is 13.3. The lowest BCUT2D eigenvalue weighted by Gasteiger charge is -2.17. The van der Waals surface area contributed by atoms with Crippen LogP contribution in [0.2, 0.25) is 0 Å². The summed E-state index contributed by atoms with van der Waals surface area (Å²) in [6.45, 7) is 2.40. The van der Waals surface area contributed by atoms with Crippen LogP contribution in [0.15, 0.2) is 83.8 Å². The molecule has 0 saturated heterocycles. The highest BCUT2D eigenvalue weighted by Crippen LogP contribution is 2.18. The first-order valence-electron chi connectivity index (χ1n) is 8.84. The first-order valence-corrected chi connectivity index (χ1v) is 10.3. The van der Waals surface area contributed by atoms with Crippen LogP contribution in [0.3, 0.4) is 0 Å². The Hall–Kier alpha value is -3.12. The van der Waals surface area contributed by atoms with E-state index in [9.17, 15) is 13.2 Å². The second kappa shape index (κ2) is 8.27. The third-order valence-corrected chi connectivity index (χ3v) is 5.72. The molecule has 0 heterocycles. The number of hydrogen-bond acceptors (Lipinski definition) is 3. The van der Waals surface area contributed by atoms with Crippen LogP contribution in [0, 0.1) is 6.92 Å². The molecule has 3 aromatic rings. The minimum Gasteiger partial charge on any atom is -0.337 e. The van der Waals surface area contributed by atoms with Crippen molar-refractivity contribution in [2.75, 3.05) is 11.8 Å². The highest BCUT2D eigenvalue weighted by atomic mass is 32.2. The third kappa shape index (κ3) is 4.78. The molecule has 0 radical (unpaired) electrons. The van der Waals surface area contributed by atoms with Crippen molar-refractivity contribution in [1.82, 2.24) is 4.90 Å². The monoisotopic (exact) mass is 394 g/mol. The minimum absolute atomic E-state index is 0.128. The van der Waals surface area contributed by atoms with Gasteiger partial charge in [0.2, 0.25) is 0 Å². The fourth-order valence-corrected chi connectivity index (χ4v) is 3.82. The van der Waals surface area contributed by atoms with E-state index in [-0.39, 0.29) is 10.8 Å². The zero-order valence-corrected chi connectivity index (χ0v) is 16.6. The zero-order chi connectivity index (χ0) is 20.1. The van der Waals surface area contributed by atoms with E-state index in [1.165, 1.54) is 0 Å². The first kappa shape index (κ1) is 19.6. The fraction of sp³-hybridized carbons (Fsp3) is 0.136. The van der Waals surface area contributed by atoms with Gasteiger partial charge < -0.3 is 4.90 Å². The second-order valence-corrected chi connectivity index (χ2v) is 8.33. The van der Waals surface area contributed by atoms with Gasteiger partial charge >= 0.3 is 0 Å². The standard InChI is InChI=1S/C22H22N2O3S/c1-17-8-14-21(15-9-17)28(26,27)23-20-12-10-19(11-13-20)22(25)24(2)16-18-6-4-3-5-7-18/h3-15,23H,16H2,1-2H3. The molecule has 6 heteroatoms. The molecule has 144 valence electrons. The van der Waals surface area contributed by atoms with Gasteiger partial charge in [0.15, 0.2) is 0 Å². The number of hydrogen-bond donors (Lipinski definition) is 1. The Morgan fingerprint density at radius 3 is 2.11 bits per heavy atom. The van der Waals surface area contributed by atoms with E-state index in [2.05, 4.69) is 4.72 Å². The van der Waals surface area contributed by atoms with Crippen LogP contribution < -0.4 is 4.72 Å². The van der Waals surface area contributed by atoms with E-state index in [1.54, 1.807) is 60.5 Å². The van der Waals surface area contributed by atoms with Gasteiger partial charge in [-0.1, -0.05) is 48.0 Å². The molecule has 28 heavy (non-hydrogen) atoms. The number of anilines is 1. The normalized spacial score (nSPS) is 11.1. The van der Waals surface area contributed by atoms with Gasteiger partial charge in [-0.25, -0.2) is 8.42 Å². The minimum atomic E-state index is -3.67. The second-order valence-electron chi connectivity index (χ2n) is 6.64. The Bertz CT molecular complexity index is 1050. The summed E-state index contributed by atoms with van der Waals surface area (Å²) in [5.74, 6) is -0.128. The van der Waals surface area contributed by atoms with Crippen molar-refractivity contribution >= 4 is 21.6 Å². The van der Waals surface area contributed by atoms with Crippen molar-refractivity contribution in [2.45, 2.75) is 18.4 Å². The highest BCUT2D eigenvalue weighted by Gasteiger charge is 2.15. The topological polar surface area (TPSA) is 66.5 Å². The zero-order valence-electron chi connectivity index (χ0n) is 15.8. The summed E-state index contributed by atoms with van der Waals surface area (Å²) in [4.78, 5) is 14.4. The van der Waals surface area contributed by atoms with Crippen LogP contribution >= 0.6 is 0 Å². The largest absolute Gasteiger partial charge is 0.337 e. The lowest BCUT2D eigenvalue weighted by molar-refractivity contribution is 0.0785. The van der Waals surface area contributed by atoms with Crippen LogP contribution in [0.4, 0.5) is 5.69 Å². The maximum Gasteiger partial charge on any atom is 0.261 e. The molecule has 5 nitrogen and oxygen atoms in total. The maximum absolute atomic E-state index is 12.6. The molecule has 0 bridgehead atoms. The number of amides is 1. The van der Waals surface area contributed by atoms with E-state index < -0.39 is 10.0 Å². The van der Waals surface area contributed by atoms with Gasteiger partial charge in [0.05, 0.1) is 4.90 Å². The molecule has 0 aliphatic rings. The summed E-state index contributed by atoms with van der Waals surface area (Å²) in [5, 5.41) is 0. The molecule has 0 atom stereocenters. The van der Waals surface area contributed by atoms with Crippen molar-refractivity contribution < 1.29 is 13.2 Å². The van der Waals surface area contributed by atoms with Gasteiger partial charge in [-0.3, -0.25) is 9.52 Å². The molecule has 0 aliphatic heterocycles. The molecular weight excluding hydrogens is 372 g/mol. The quantitative estimate of drug-likeness (QED) is 0.685. The average Bonchev–Trinajstić information content (AvgIpc) is 2.69. The number of carbonyl (C=O) groups is 1. The molecule has 0 saturated carbocycles. The Kier molecular flexibility index (Phi) is 5.80. The summed E-state index contributed by atoms with van der Waals surface area (Å²) >= 11 is 0. The van der Waals surface area contributed by atoms with Gasteiger partial charge in [0, 0.05) is 24.8 Å². The third-order valence-electron chi connectivity index (χ3n) is 4.32. The molecule has 0 unspecified atom stereocenters. The molecule has 1 amide bonds. The molecule has 0 aliphatic carbocycles. The molecule has 0 aromatic heterocycles. The van der Waals surface area contributed by atoms with Gasteiger partial charge in [-0.05, 0) is 48.9 Å². The van der Waals surface area contributed by atoms with E-state index in [4.69, 9.17) is 0 Å². The summed E-state index contributed by atoms with van der Waals surface area (Å²) in [5.41, 5.74) is 2.93. The van der Waals surface area contributed by atoms with Crippen LogP contribution in [0.5, 0.6) is 0 Å². The predicted molar refractivity (Wildman–Crippen MR) is 111 cm³/mol. The molecule has 0 fully saturated rings. The highest BCUT2D eigenvalue weighted by molar-refractivity contribution is 7.92. The number of rotatable bonds is 6. The smallest absolute Gasteiger partial charge is 0.261 e. The predicted octanol–water partition coefficient (Wildman–Crippen LogP) is 4.07. The number of nitrogens with zero attached hydrogens (tertiary/aromatic N) is 1. The summed E-state index contributed by atoms with van der Waals surface area (Å²) in [6, 6.07) is 22.8.